The molecule has 0 radical (unpaired) electrons. The first-order chi connectivity index (χ1) is 11.8. The summed E-state index contributed by atoms with van der Waals surface area (Å²) in [6.45, 7) is 12.9. The van der Waals surface area contributed by atoms with Crippen molar-refractivity contribution in [1.82, 2.24) is 15.5 Å². The SMILES string of the molecule is CCNC(=NCCS(=O)C(C)(C)C)NC1CCN(C(=O)OCC)CC1.I. The monoisotopic (exact) mass is 502 g/mol. The largest absolute Gasteiger partial charge is 0.450 e. The zero-order valence-corrected chi connectivity index (χ0v) is 19.8. The smallest absolute Gasteiger partial charge is 0.409 e. The van der Waals surface area contributed by atoms with E-state index in [4.69, 9.17) is 4.74 Å². The Kier molecular flexibility index (Phi) is 12.5. The molecule has 0 aromatic carbocycles. The zero-order chi connectivity index (χ0) is 18.9. The Morgan fingerprint density at radius 2 is 1.88 bits per heavy atom. The molecule has 1 aliphatic heterocycles. The van der Waals surface area contributed by atoms with Crippen LogP contribution in [0.25, 0.3) is 0 Å². The van der Waals surface area contributed by atoms with Gasteiger partial charge in [-0.1, -0.05) is 0 Å². The van der Waals surface area contributed by atoms with Crippen LogP contribution in [0.4, 0.5) is 4.79 Å². The third-order valence-electron chi connectivity index (χ3n) is 3.94. The molecule has 0 aromatic rings. The number of nitrogens with one attached hydrogen (secondary N) is 2. The van der Waals surface area contributed by atoms with E-state index in [1.807, 2.05) is 34.6 Å². The normalized spacial score (nSPS) is 17.3. The molecule has 1 saturated heterocycles. The van der Waals surface area contributed by atoms with Gasteiger partial charge in [-0.05, 0) is 47.5 Å². The van der Waals surface area contributed by atoms with E-state index in [0.717, 1.165) is 25.3 Å². The van der Waals surface area contributed by atoms with Crippen LogP contribution in [0.3, 0.4) is 0 Å². The van der Waals surface area contributed by atoms with E-state index >= 15 is 0 Å². The molecule has 1 unspecified atom stereocenters. The van der Waals surface area contributed by atoms with Gasteiger partial charge in [0.25, 0.3) is 0 Å². The number of aliphatic imine (C=N–C) groups is 1. The number of carbonyl (C=O) groups is 1. The highest BCUT2D eigenvalue weighted by atomic mass is 127. The van der Waals surface area contributed by atoms with E-state index < -0.39 is 10.8 Å². The average molecular weight is 502 g/mol. The van der Waals surface area contributed by atoms with E-state index in [9.17, 15) is 9.00 Å². The molecule has 2 N–H and O–H groups in total. The summed E-state index contributed by atoms with van der Waals surface area (Å²) in [6.07, 6.45) is 1.49. The quantitative estimate of drug-likeness (QED) is 0.331. The van der Waals surface area contributed by atoms with Crippen molar-refractivity contribution in [2.75, 3.05) is 38.5 Å². The fourth-order valence-corrected chi connectivity index (χ4v) is 3.35. The van der Waals surface area contributed by atoms with Crippen LogP contribution in [0.1, 0.15) is 47.5 Å². The van der Waals surface area contributed by atoms with E-state index in [2.05, 4.69) is 15.6 Å². The number of carbonyl (C=O) groups excluding carboxylic acids is 1. The number of piperidine rings is 1. The van der Waals surface area contributed by atoms with Crippen LogP contribution in [0, 0.1) is 0 Å². The van der Waals surface area contributed by atoms with Crippen LogP contribution in [0.5, 0.6) is 0 Å². The molecule has 0 aliphatic carbocycles. The fourth-order valence-electron chi connectivity index (χ4n) is 2.48. The van der Waals surface area contributed by atoms with Crippen molar-refractivity contribution in [3.8, 4) is 0 Å². The lowest BCUT2D eigenvalue weighted by atomic mass is 10.1. The highest BCUT2D eigenvalue weighted by molar-refractivity contribution is 14.0. The van der Waals surface area contributed by atoms with E-state index in [-0.39, 0.29) is 40.9 Å². The summed E-state index contributed by atoms with van der Waals surface area (Å²) in [5.41, 5.74) is 0. The Morgan fingerprint density at radius 1 is 1.27 bits per heavy atom. The minimum atomic E-state index is -0.897. The van der Waals surface area contributed by atoms with Crippen molar-refractivity contribution in [2.24, 2.45) is 4.99 Å². The van der Waals surface area contributed by atoms with Gasteiger partial charge in [0.15, 0.2) is 5.96 Å². The summed E-state index contributed by atoms with van der Waals surface area (Å²) in [4.78, 5) is 18.0. The minimum absolute atomic E-state index is 0. The summed E-state index contributed by atoms with van der Waals surface area (Å²) in [6, 6.07) is 0.275. The molecule has 1 amide bonds. The number of hydrogen-bond acceptors (Lipinski definition) is 4. The van der Waals surface area contributed by atoms with Gasteiger partial charge in [-0.2, -0.15) is 0 Å². The Morgan fingerprint density at radius 3 is 2.38 bits per heavy atom. The van der Waals surface area contributed by atoms with Crippen LogP contribution in [-0.4, -0.2) is 70.5 Å². The highest BCUT2D eigenvalue weighted by Gasteiger charge is 2.24. The summed E-state index contributed by atoms with van der Waals surface area (Å²) in [5.74, 6) is 1.31. The van der Waals surface area contributed by atoms with Gasteiger partial charge in [-0.3, -0.25) is 9.20 Å². The van der Waals surface area contributed by atoms with Gasteiger partial charge in [-0.25, -0.2) is 4.79 Å². The van der Waals surface area contributed by atoms with Crippen LogP contribution in [0.15, 0.2) is 4.99 Å². The predicted molar refractivity (Wildman–Crippen MR) is 119 cm³/mol. The third kappa shape index (κ3) is 9.38. The Hall–Kier alpha value is -0.580. The summed E-state index contributed by atoms with van der Waals surface area (Å²) in [5, 5.41) is 6.65. The molecular formula is C17H35IN4O3S. The molecule has 154 valence electrons. The van der Waals surface area contributed by atoms with Gasteiger partial charge in [0, 0.05) is 47.0 Å². The summed E-state index contributed by atoms with van der Waals surface area (Å²) < 4.78 is 16.9. The third-order valence-corrected chi connectivity index (χ3v) is 5.86. The Balaban J connectivity index is 0.00000625. The second kappa shape index (κ2) is 12.7. The molecule has 1 heterocycles. The van der Waals surface area contributed by atoms with Crippen LogP contribution in [-0.2, 0) is 15.5 Å². The van der Waals surface area contributed by atoms with Gasteiger partial charge in [0.1, 0.15) is 0 Å². The molecule has 9 heteroatoms. The number of rotatable bonds is 6. The van der Waals surface area contributed by atoms with Crippen molar-refractivity contribution < 1.29 is 13.7 Å². The predicted octanol–water partition coefficient (Wildman–Crippen LogP) is 2.33. The molecule has 1 fully saturated rings. The maximum Gasteiger partial charge on any atom is 0.409 e. The van der Waals surface area contributed by atoms with Gasteiger partial charge >= 0.3 is 6.09 Å². The molecule has 0 aromatic heterocycles. The van der Waals surface area contributed by atoms with Crippen molar-refractivity contribution in [1.29, 1.82) is 0 Å². The fraction of sp³-hybridized carbons (Fsp3) is 0.882. The molecule has 1 aliphatic rings. The molecule has 0 saturated carbocycles. The summed E-state index contributed by atoms with van der Waals surface area (Å²) in [7, 11) is -0.897. The number of hydrogen-bond donors (Lipinski definition) is 2. The number of nitrogens with zero attached hydrogens (tertiary/aromatic N) is 2. The van der Waals surface area contributed by atoms with Crippen LogP contribution in [0.2, 0.25) is 0 Å². The lowest BCUT2D eigenvalue weighted by molar-refractivity contribution is 0.0963. The van der Waals surface area contributed by atoms with Crippen molar-refractivity contribution >= 4 is 46.8 Å². The first-order valence-corrected chi connectivity index (χ1v) is 10.4. The van der Waals surface area contributed by atoms with Gasteiger partial charge < -0.3 is 20.3 Å². The minimum Gasteiger partial charge on any atom is -0.450 e. The van der Waals surface area contributed by atoms with Crippen LogP contribution < -0.4 is 10.6 Å². The lowest BCUT2D eigenvalue weighted by Gasteiger charge is -2.32. The van der Waals surface area contributed by atoms with Gasteiger partial charge in [-0.15, -0.1) is 24.0 Å². The number of ether oxygens (including phenoxy) is 1. The molecule has 1 atom stereocenters. The molecule has 0 bridgehead atoms. The number of amides is 1. The van der Waals surface area contributed by atoms with Crippen molar-refractivity contribution in [3.63, 3.8) is 0 Å². The number of likely N-dealkylation sites (tertiary alicyclic amines) is 1. The van der Waals surface area contributed by atoms with Crippen molar-refractivity contribution in [2.45, 2.75) is 58.2 Å². The average Bonchev–Trinajstić information content (AvgIpc) is 2.55. The second-order valence-electron chi connectivity index (χ2n) is 7.03. The number of halogens is 1. The van der Waals surface area contributed by atoms with E-state index in [1.165, 1.54) is 0 Å². The maximum atomic E-state index is 12.1. The topological polar surface area (TPSA) is 83.0 Å². The Bertz CT molecular complexity index is 475. The first-order valence-electron chi connectivity index (χ1n) is 9.13. The number of guanidine groups is 1. The van der Waals surface area contributed by atoms with E-state index in [1.54, 1.807) is 4.90 Å². The van der Waals surface area contributed by atoms with Crippen LogP contribution >= 0.6 is 24.0 Å². The second-order valence-corrected chi connectivity index (χ2v) is 9.35. The summed E-state index contributed by atoms with van der Waals surface area (Å²) >= 11 is 0. The molecule has 0 spiro atoms. The molecule has 1 rings (SSSR count). The molecule has 26 heavy (non-hydrogen) atoms. The van der Waals surface area contributed by atoms with Crippen molar-refractivity contribution in [3.05, 3.63) is 0 Å². The molecular weight excluding hydrogens is 467 g/mol. The Labute approximate surface area is 177 Å². The zero-order valence-electron chi connectivity index (χ0n) is 16.7. The van der Waals surface area contributed by atoms with E-state index in [0.29, 0.717) is 32.0 Å². The first kappa shape index (κ1) is 25.4. The molecule has 7 nitrogen and oxygen atoms in total. The van der Waals surface area contributed by atoms with Gasteiger partial charge in [0.05, 0.1) is 13.2 Å². The maximum absolute atomic E-state index is 12.1. The van der Waals surface area contributed by atoms with Gasteiger partial charge in [0.2, 0.25) is 0 Å². The highest BCUT2D eigenvalue weighted by Crippen LogP contribution is 2.12. The standard InChI is InChI=1S/C17H34N4O3S.HI/c1-6-18-15(19-10-13-25(23)17(3,4)5)20-14-8-11-21(12-9-14)16(22)24-7-2;/h14H,6-13H2,1-5H3,(H2,18,19,20);1H. The lowest BCUT2D eigenvalue weighted by Crippen LogP contribution is -2.50.